The average Bonchev–Trinajstić information content (AvgIpc) is 2.66. The molecule has 0 atom stereocenters. The minimum Gasteiger partial charge on any atom is -0.484 e. The van der Waals surface area contributed by atoms with E-state index in [-0.39, 0.29) is 22.5 Å². The van der Waals surface area contributed by atoms with E-state index in [0.29, 0.717) is 11.1 Å². The van der Waals surface area contributed by atoms with Crippen molar-refractivity contribution < 1.29 is 27.4 Å². The lowest BCUT2D eigenvalue weighted by Crippen LogP contribution is -2.28. The summed E-state index contributed by atoms with van der Waals surface area (Å²) in [6.07, 6.45) is -4.51. The fourth-order valence-corrected chi connectivity index (χ4v) is 2.78. The number of carbonyl (C=O) groups is 1. The second kappa shape index (κ2) is 7.26. The number of aromatic nitrogens is 1. The number of nitrogens with zero attached hydrogens (tertiary/aromatic N) is 1. The van der Waals surface area contributed by atoms with Crippen molar-refractivity contribution in [2.75, 3.05) is 19.5 Å². The van der Waals surface area contributed by atoms with Crippen LogP contribution in [-0.2, 0) is 4.74 Å². The summed E-state index contributed by atoms with van der Waals surface area (Å²) in [7, 11) is 1.12. The molecule has 0 amide bonds. The predicted molar refractivity (Wildman–Crippen MR) is 96.8 cm³/mol. The average molecular weight is 392 g/mol. The number of nitrogens with two attached hydrogens (primary N) is 1. The van der Waals surface area contributed by atoms with Gasteiger partial charge in [0.1, 0.15) is 11.3 Å². The molecule has 146 valence electrons. The Morgan fingerprint density at radius 2 is 1.82 bits per heavy atom. The summed E-state index contributed by atoms with van der Waals surface area (Å²) >= 11 is 0. The summed E-state index contributed by atoms with van der Waals surface area (Å²) < 4.78 is 48.0. The highest BCUT2D eigenvalue weighted by Gasteiger charge is 2.29. The van der Waals surface area contributed by atoms with Crippen LogP contribution in [0.15, 0.2) is 53.3 Å². The van der Waals surface area contributed by atoms with Gasteiger partial charge < -0.3 is 15.2 Å². The number of halogens is 3. The van der Waals surface area contributed by atoms with Gasteiger partial charge in [-0.3, -0.25) is 9.36 Å². The molecule has 0 fully saturated rings. The highest BCUT2D eigenvalue weighted by atomic mass is 19.4. The molecule has 3 aromatic rings. The van der Waals surface area contributed by atoms with Crippen LogP contribution in [-0.4, -0.2) is 30.4 Å². The number of hydrogen-bond acceptors (Lipinski definition) is 5. The predicted octanol–water partition coefficient (Wildman–Crippen LogP) is 3.30. The first-order chi connectivity index (χ1) is 13.2. The zero-order valence-corrected chi connectivity index (χ0v) is 14.6. The first-order valence-electron chi connectivity index (χ1n) is 8.04. The monoisotopic (exact) mass is 392 g/mol. The molecule has 6 nitrogen and oxygen atoms in total. The summed E-state index contributed by atoms with van der Waals surface area (Å²) in [5.41, 5.74) is 5.36. The van der Waals surface area contributed by atoms with Crippen LogP contribution >= 0.6 is 0 Å². The van der Waals surface area contributed by atoms with E-state index in [1.807, 2.05) is 0 Å². The van der Waals surface area contributed by atoms with Gasteiger partial charge in [-0.1, -0.05) is 18.2 Å². The van der Waals surface area contributed by atoms with E-state index in [4.69, 9.17) is 10.5 Å². The molecule has 1 aromatic heterocycles. The van der Waals surface area contributed by atoms with E-state index < -0.39 is 24.3 Å². The number of carbonyl (C=O) groups excluding carboxylic acids is 1. The highest BCUT2D eigenvalue weighted by Crippen LogP contribution is 2.29. The molecule has 0 radical (unpaired) electrons. The van der Waals surface area contributed by atoms with Crippen molar-refractivity contribution >= 4 is 22.6 Å². The van der Waals surface area contributed by atoms with E-state index in [9.17, 15) is 22.8 Å². The van der Waals surface area contributed by atoms with E-state index in [0.717, 1.165) is 7.11 Å². The molecular weight excluding hydrogens is 377 g/mol. The van der Waals surface area contributed by atoms with Crippen LogP contribution in [0, 0.1) is 0 Å². The van der Waals surface area contributed by atoms with Crippen molar-refractivity contribution in [2.45, 2.75) is 6.18 Å². The molecule has 0 spiro atoms. The van der Waals surface area contributed by atoms with Gasteiger partial charge in [0.25, 0.3) is 5.56 Å². The van der Waals surface area contributed by atoms with Gasteiger partial charge in [0.2, 0.25) is 0 Å². The van der Waals surface area contributed by atoms with Crippen LogP contribution in [0.2, 0.25) is 0 Å². The smallest absolute Gasteiger partial charge is 0.422 e. The van der Waals surface area contributed by atoms with Crippen molar-refractivity contribution in [2.24, 2.45) is 0 Å². The van der Waals surface area contributed by atoms with Gasteiger partial charge in [0.15, 0.2) is 6.61 Å². The second-order valence-electron chi connectivity index (χ2n) is 5.84. The van der Waals surface area contributed by atoms with Gasteiger partial charge in [0.05, 0.1) is 18.3 Å². The number of methoxy groups -OCH3 is 1. The van der Waals surface area contributed by atoms with E-state index in [1.54, 1.807) is 30.3 Å². The van der Waals surface area contributed by atoms with E-state index >= 15 is 0 Å². The van der Waals surface area contributed by atoms with Gasteiger partial charge in [-0.25, -0.2) is 4.79 Å². The number of pyridine rings is 1. The maximum Gasteiger partial charge on any atom is 0.422 e. The van der Waals surface area contributed by atoms with Crippen molar-refractivity contribution in [3.8, 4) is 11.4 Å². The number of benzene rings is 2. The molecule has 0 aliphatic heterocycles. The van der Waals surface area contributed by atoms with Gasteiger partial charge in [0, 0.05) is 17.1 Å². The Kier molecular flexibility index (Phi) is 5.00. The number of esters is 1. The fraction of sp³-hybridized carbons (Fsp3) is 0.158. The Labute approximate surface area is 156 Å². The quantitative estimate of drug-likeness (QED) is 0.689. The van der Waals surface area contributed by atoms with Gasteiger partial charge >= 0.3 is 12.1 Å². The maximum absolute atomic E-state index is 13.0. The first-order valence-corrected chi connectivity index (χ1v) is 8.04. The lowest BCUT2D eigenvalue weighted by Gasteiger charge is -2.16. The first kappa shape index (κ1) is 19.3. The molecule has 0 unspecified atom stereocenters. The third kappa shape index (κ3) is 3.64. The molecule has 0 bridgehead atoms. The lowest BCUT2D eigenvalue weighted by atomic mass is 10.1. The molecule has 1 heterocycles. The molecule has 9 heteroatoms. The third-order valence-electron chi connectivity index (χ3n) is 3.99. The largest absolute Gasteiger partial charge is 0.484 e. The molecule has 28 heavy (non-hydrogen) atoms. The molecule has 0 saturated carbocycles. The van der Waals surface area contributed by atoms with E-state index in [2.05, 4.69) is 4.74 Å². The summed E-state index contributed by atoms with van der Waals surface area (Å²) in [5.74, 6) is -1.01. The molecule has 3 rings (SSSR count). The number of nitrogen functional groups attached to an aromatic ring is 1. The van der Waals surface area contributed by atoms with Crippen LogP contribution < -0.4 is 16.0 Å². The maximum atomic E-state index is 13.0. The Morgan fingerprint density at radius 3 is 2.43 bits per heavy atom. The van der Waals surface area contributed by atoms with Gasteiger partial charge in [-0.05, 0) is 24.3 Å². The lowest BCUT2D eigenvalue weighted by molar-refractivity contribution is -0.153. The van der Waals surface area contributed by atoms with Crippen LogP contribution in [0.1, 0.15) is 10.4 Å². The van der Waals surface area contributed by atoms with Gasteiger partial charge in [-0.2, -0.15) is 13.2 Å². The Morgan fingerprint density at radius 1 is 1.14 bits per heavy atom. The van der Waals surface area contributed by atoms with E-state index in [1.165, 1.54) is 22.8 Å². The standard InChI is InChI=1S/C19H15F3N2O4/c1-27-18(26)15-16(23)13-8-7-12(28-10-19(20,21)22)9-14(13)24(17(15)25)11-5-3-2-4-6-11/h2-9H,10,23H2,1H3. The molecule has 0 aliphatic carbocycles. The zero-order valence-electron chi connectivity index (χ0n) is 14.6. The fourth-order valence-electron chi connectivity index (χ4n) is 2.78. The molecule has 0 saturated heterocycles. The summed E-state index contributed by atoms with van der Waals surface area (Å²) in [4.78, 5) is 25.1. The normalized spacial score (nSPS) is 11.4. The van der Waals surface area contributed by atoms with Gasteiger partial charge in [-0.15, -0.1) is 0 Å². The minimum absolute atomic E-state index is 0.0980. The second-order valence-corrected chi connectivity index (χ2v) is 5.84. The molecule has 2 aromatic carbocycles. The van der Waals surface area contributed by atoms with Crippen molar-refractivity contribution in [1.82, 2.24) is 4.57 Å². The highest BCUT2D eigenvalue weighted by molar-refractivity contribution is 6.04. The SMILES string of the molecule is COC(=O)c1c(N)c2ccc(OCC(F)(F)F)cc2n(-c2ccccc2)c1=O. The Bertz CT molecular complexity index is 1090. The number of para-hydroxylation sites is 1. The molecular formula is C19H15F3N2O4. The van der Waals surface area contributed by atoms with Crippen molar-refractivity contribution in [1.29, 1.82) is 0 Å². The van der Waals surface area contributed by atoms with Crippen LogP contribution in [0.4, 0.5) is 18.9 Å². The van der Waals surface area contributed by atoms with Crippen LogP contribution in [0.25, 0.3) is 16.6 Å². The van der Waals surface area contributed by atoms with Crippen molar-refractivity contribution in [3.05, 3.63) is 64.4 Å². The number of alkyl halides is 3. The number of anilines is 1. The van der Waals surface area contributed by atoms with Crippen LogP contribution in [0.5, 0.6) is 5.75 Å². The molecule has 2 N–H and O–H groups in total. The minimum atomic E-state index is -4.51. The number of rotatable bonds is 4. The summed E-state index contributed by atoms with van der Waals surface area (Å²) in [6, 6.07) is 12.2. The summed E-state index contributed by atoms with van der Waals surface area (Å²) in [6.45, 7) is -1.48. The molecule has 0 aliphatic rings. The Balaban J connectivity index is 2.31. The number of ether oxygens (including phenoxy) is 2. The van der Waals surface area contributed by atoms with Crippen molar-refractivity contribution in [3.63, 3.8) is 0 Å². The van der Waals surface area contributed by atoms with Crippen LogP contribution in [0.3, 0.4) is 0 Å². The topological polar surface area (TPSA) is 83.5 Å². The Hall–Kier alpha value is -3.49. The zero-order chi connectivity index (χ0) is 20.5. The summed E-state index contributed by atoms with van der Waals surface area (Å²) in [5, 5.41) is 0.295. The third-order valence-corrected chi connectivity index (χ3v) is 3.99. The number of fused-ring (bicyclic) bond motifs is 1. The number of hydrogen-bond donors (Lipinski definition) is 1.